The predicted molar refractivity (Wildman–Crippen MR) is 134 cm³/mol. The number of nitrogens with zero attached hydrogens (tertiary/aromatic N) is 1. The lowest BCUT2D eigenvalue weighted by Gasteiger charge is -2.11. The number of amides is 1. The fourth-order valence-electron chi connectivity index (χ4n) is 3.57. The molecule has 0 aliphatic heterocycles. The maximum atomic E-state index is 12.8. The molecule has 4 rings (SSSR count). The molecule has 0 atom stereocenters. The number of anilines is 1. The van der Waals surface area contributed by atoms with Crippen molar-refractivity contribution in [2.45, 2.75) is 31.4 Å². The second-order valence-corrected chi connectivity index (χ2v) is 10.3. The quantitative estimate of drug-likeness (QED) is 0.367. The van der Waals surface area contributed by atoms with Crippen molar-refractivity contribution in [1.82, 2.24) is 4.98 Å². The number of ether oxygens (including phenoxy) is 1. The number of sulfone groups is 1. The van der Waals surface area contributed by atoms with Crippen LogP contribution in [-0.4, -0.2) is 26.4 Å². The Bertz CT molecular complexity index is 1470. The molecule has 7 nitrogen and oxygen atoms in total. The maximum absolute atomic E-state index is 12.8. The molecule has 0 aliphatic rings. The number of oxazole rings is 1. The monoisotopic (exact) mass is 490 g/mol. The number of nitrogens with one attached hydrogen (secondary N) is 1. The van der Waals surface area contributed by atoms with Crippen LogP contribution >= 0.6 is 0 Å². The Morgan fingerprint density at radius 3 is 2.26 bits per heavy atom. The Balaban J connectivity index is 1.51. The van der Waals surface area contributed by atoms with Crippen LogP contribution in [-0.2, 0) is 15.6 Å². The van der Waals surface area contributed by atoms with E-state index in [0.717, 1.165) is 11.1 Å². The Kier molecular flexibility index (Phi) is 6.75. The Morgan fingerprint density at radius 1 is 0.943 bits per heavy atom. The fourth-order valence-corrected chi connectivity index (χ4v) is 4.92. The van der Waals surface area contributed by atoms with E-state index in [2.05, 4.69) is 10.3 Å². The summed E-state index contributed by atoms with van der Waals surface area (Å²) in [7, 11) is -2.01. The van der Waals surface area contributed by atoms with Crippen LogP contribution in [0.1, 0.15) is 32.9 Å². The minimum Gasteiger partial charge on any atom is -0.495 e. The molecule has 1 heterocycles. The van der Waals surface area contributed by atoms with Crippen molar-refractivity contribution in [2.75, 3.05) is 12.4 Å². The predicted octanol–water partition coefficient (Wildman–Crippen LogP) is 5.50. The molecule has 0 unspecified atom stereocenters. The molecule has 0 fully saturated rings. The van der Waals surface area contributed by atoms with Crippen molar-refractivity contribution in [2.24, 2.45) is 0 Å². The summed E-state index contributed by atoms with van der Waals surface area (Å²) in [4.78, 5) is 17.4. The van der Waals surface area contributed by atoms with Gasteiger partial charge in [0.25, 0.3) is 5.91 Å². The zero-order chi connectivity index (χ0) is 25.2. The van der Waals surface area contributed by atoms with Gasteiger partial charge < -0.3 is 14.5 Å². The molecule has 0 spiro atoms. The average Bonchev–Trinajstić information content (AvgIpc) is 3.19. The molecule has 35 heavy (non-hydrogen) atoms. The number of aryl methyl sites for hydroxylation is 3. The van der Waals surface area contributed by atoms with Crippen LogP contribution in [0.15, 0.2) is 76.0 Å². The van der Waals surface area contributed by atoms with E-state index in [-0.39, 0.29) is 16.6 Å². The lowest BCUT2D eigenvalue weighted by Crippen LogP contribution is -2.12. The van der Waals surface area contributed by atoms with E-state index in [4.69, 9.17) is 9.15 Å². The molecular formula is C27H26N2O5S. The first-order valence-electron chi connectivity index (χ1n) is 11.0. The summed E-state index contributed by atoms with van der Waals surface area (Å²) in [6.45, 7) is 5.52. The van der Waals surface area contributed by atoms with Gasteiger partial charge in [-0.05, 0) is 74.9 Å². The molecule has 1 N–H and O–H groups in total. The number of methoxy groups -OCH3 is 1. The summed E-state index contributed by atoms with van der Waals surface area (Å²) in [5, 5.41) is 2.87. The van der Waals surface area contributed by atoms with E-state index in [1.165, 1.54) is 0 Å². The first-order chi connectivity index (χ1) is 16.7. The molecule has 0 radical (unpaired) electrons. The lowest BCUT2D eigenvalue weighted by atomic mass is 10.1. The molecule has 0 saturated heterocycles. The number of rotatable bonds is 7. The van der Waals surface area contributed by atoms with Gasteiger partial charge in [-0.25, -0.2) is 13.4 Å². The SMILES string of the molecule is COc1ccc(C)cc1NC(=O)c1ccc(-c2nc(CS(=O)(=O)c3ccc(C)cc3)c(C)o2)cc1. The summed E-state index contributed by atoms with van der Waals surface area (Å²) in [6.07, 6.45) is 0. The smallest absolute Gasteiger partial charge is 0.255 e. The minimum atomic E-state index is -3.56. The van der Waals surface area contributed by atoms with E-state index in [1.54, 1.807) is 68.6 Å². The largest absolute Gasteiger partial charge is 0.495 e. The first kappa shape index (κ1) is 24.2. The molecule has 0 bridgehead atoms. The summed E-state index contributed by atoms with van der Waals surface area (Å²) >= 11 is 0. The highest BCUT2D eigenvalue weighted by Gasteiger charge is 2.21. The molecule has 3 aromatic carbocycles. The third kappa shape index (κ3) is 5.44. The number of hydrogen-bond donors (Lipinski definition) is 1. The molecule has 1 aromatic heterocycles. The van der Waals surface area contributed by atoms with Gasteiger partial charge in [0.15, 0.2) is 9.84 Å². The number of hydrogen-bond acceptors (Lipinski definition) is 6. The van der Waals surface area contributed by atoms with Crippen LogP contribution in [0.4, 0.5) is 5.69 Å². The van der Waals surface area contributed by atoms with E-state index in [9.17, 15) is 13.2 Å². The average molecular weight is 491 g/mol. The van der Waals surface area contributed by atoms with E-state index in [0.29, 0.717) is 39.9 Å². The van der Waals surface area contributed by atoms with Crippen molar-refractivity contribution in [3.05, 3.63) is 94.9 Å². The zero-order valence-corrected chi connectivity index (χ0v) is 20.8. The zero-order valence-electron chi connectivity index (χ0n) is 20.0. The van der Waals surface area contributed by atoms with Crippen LogP contribution in [0.5, 0.6) is 5.75 Å². The number of aromatic nitrogens is 1. The molecular weight excluding hydrogens is 464 g/mol. The van der Waals surface area contributed by atoms with Crippen molar-refractivity contribution < 1.29 is 22.4 Å². The Labute approximate surface area is 204 Å². The fraction of sp³-hybridized carbons (Fsp3) is 0.185. The van der Waals surface area contributed by atoms with Gasteiger partial charge in [0, 0.05) is 11.1 Å². The third-order valence-corrected chi connectivity index (χ3v) is 7.24. The van der Waals surface area contributed by atoms with Gasteiger partial charge in [-0.3, -0.25) is 4.79 Å². The maximum Gasteiger partial charge on any atom is 0.255 e. The van der Waals surface area contributed by atoms with Gasteiger partial charge >= 0.3 is 0 Å². The third-order valence-electron chi connectivity index (χ3n) is 5.60. The van der Waals surface area contributed by atoms with Crippen LogP contribution in [0, 0.1) is 20.8 Å². The van der Waals surface area contributed by atoms with Gasteiger partial charge in [-0.2, -0.15) is 0 Å². The highest BCUT2D eigenvalue weighted by Crippen LogP contribution is 2.27. The second kappa shape index (κ2) is 9.76. The van der Waals surface area contributed by atoms with Crippen molar-refractivity contribution >= 4 is 21.4 Å². The highest BCUT2D eigenvalue weighted by molar-refractivity contribution is 7.90. The molecule has 4 aromatic rings. The van der Waals surface area contributed by atoms with Gasteiger partial charge in [-0.1, -0.05) is 23.8 Å². The second-order valence-electron chi connectivity index (χ2n) is 8.33. The summed E-state index contributed by atoms with van der Waals surface area (Å²) in [5.74, 6) is 0.760. The van der Waals surface area contributed by atoms with Crippen molar-refractivity contribution in [3.8, 4) is 17.2 Å². The summed E-state index contributed by atoms with van der Waals surface area (Å²) in [6, 6.07) is 19.0. The highest BCUT2D eigenvalue weighted by atomic mass is 32.2. The molecule has 180 valence electrons. The number of carbonyl (C=O) groups excluding carboxylic acids is 1. The van der Waals surface area contributed by atoms with Crippen molar-refractivity contribution in [3.63, 3.8) is 0 Å². The standard InChI is InChI=1S/C27H26N2O5S/c1-17-5-12-22(13-6-17)35(31,32)16-24-19(3)34-27(29-24)21-10-8-20(9-11-21)26(30)28-23-15-18(2)7-14-25(23)33-4/h5-15H,16H2,1-4H3,(H,28,30). The Hall–Kier alpha value is -3.91. The molecule has 8 heteroatoms. The molecule has 0 saturated carbocycles. The first-order valence-corrected chi connectivity index (χ1v) is 12.6. The van der Waals surface area contributed by atoms with E-state index >= 15 is 0 Å². The van der Waals surface area contributed by atoms with Crippen LogP contribution in [0.2, 0.25) is 0 Å². The Morgan fingerprint density at radius 2 is 1.60 bits per heavy atom. The van der Waals surface area contributed by atoms with Gasteiger partial charge in [0.05, 0.1) is 23.4 Å². The topological polar surface area (TPSA) is 98.5 Å². The van der Waals surface area contributed by atoms with Gasteiger partial charge in [-0.15, -0.1) is 0 Å². The van der Waals surface area contributed by atoms with Gasteiger partial charge in [0.2, 0.25) is 5.89 Å². The number of benzene rings is 3. The summed E-state index contributed by atoms with van der Waals surface area (Å²) < 4.78 is 36.7. The van der Waals surface area contributed by atoms with Crippen LogP contribution in [0.3, 0.4) is 0 Å². The minimum absolute atomic E-state index is 0.243. The van der Waals surface area contributed by atoms with Crippen molar-refractivity contribution in [1.29, 1.82) is 0 Å². The molecule has 1 amide bonds. The summed E-state index contributed by atoms with van der Waals surface area (Å²) in [5.41, 5.74) is 4.01. The lowest BCUT2D eigenvalue weighted by molar-refractivity contribution is 0.102. The number of carbonyl (C=O) groups is 1. The molecule has 0 aliphatic carbocycles. The normalized spacial score (nSPS) is 11.3. The van der Waals surface area contributed by atoms with E-state index < -0.39 is 9.84 Å². The van der Waals surface area contributed by atoms with E-state index in [1.807, 2.05) is 26.0 Å². The van der Waals surface area contributed by atoms with Crippen LogP contribution < -0.4 is 10.1 Å². The van der Waals surface area contributed by atoms with Crippen LogP contribution in [0.25, 0.3) is 11.5 Å². The van der Waals surface area contributed by atoms with Gasteiger partial charge in [0.1, 0.15) is 17.3 Å².